The predicted molar refractivity (Wildman–Crippen MR) is 97.4 cm³/mol. The van der Waals surface area contributed by atoms with E-state index in [1.54, 1.807) is 0 Å². The summed E-state index contributed by atoms with van der Waals surface area (Å²) in [4.78, 5) is 16.5. The average molecular weight is 391 g/mol. The Morgan fingerprint density at radius 1 is 1.17 bits per heavy atom. The van der Waals surface area contributed by atoms with Crippen molar-refractivity contribution < 1.29 is 9.53 Å². The first-order valence-electron chi connectivity index (χ1n) is 7.08. The molecule has 0 radical (unpaired) electrons. The molecule has 0 saturated heterocycles. The Balaban J connectivity index is 1.67. The van der Waals surface area contributed by atoms with E-state index < -0.39 is 0 Å². The number of ether oxygens (including phenoxy) is 1. The molecule has 118 valence electrons. The van der Waals surface area contributed by atoms with E-state index in [4.69, 9.17) is 4.74 Å². The normalized spacial score (nSPS) is 10.7. The number of benzene rings is 2. The Hall–Kier alpha value is -1.92. The van der Waals surface area contributed by atoms with Crippen LogP contribution in [0.5, 0.6) is 5.75 Å². The monoisotopic (exact) mass is 390 g/mol. The summed E-state index contributed by atoms with van der Waals surface area (Å²) < 4.78 is 7.53. The maximum Gasteiger partial charge on any atom is 0.264 e. The van der Waals surface area contributed by atoms with Crippen LogP contribution in [0.4, 0.5) is 5.13 Å². The minimum Gasteiger partial charge on any atom is -0.484 e. The van der Waals surface area contributed by atoms with Crippen LogP contribution in [0, 0.1) is 13.8 Å². The van der Waals surface area contributed by atoms with Gasteiger partial charge in [-0.05, 0) is 49.2 Å². The van der Waals surface area contributed by atoms with Crippen LogP contribution < -0.4 is 10.1 Å². The number of halogens is 1. The van der Waals surface area contributed by atoms with Crippen LogP contribution in [-0.4, -0.2) is 17.5 Å². The highest BCUT2D eigenvalue weighted by atomic mass is 79.9. The number of fused-ring (bicyclic) bond motifs is 1. The number of rotatable bonds is 4. The number of aromatic nitrogens is 1. The minimum atomic E-state index is -0.220. The SMILES string of the molecule is Cc1ccc(C)c2sc(NC(=O)COc3ccc(Br)cc3)nc12. The molecule has 0 aliphatic rings. The second kappa shape index (κ2) is 6.68. The van der Waals surface area contributed by atoms with E-state index >= 15 is 0 Å². The zero-order valence-electron chi connectivity index (χ0n) is 12.7. The molecular formula is C17H15BrN2O2S. The van der Waals surface area contributed by atoms with E-state index in [9.17, 15) is 4.79 Å². The van der Waals surface area contributed by atoms with Crippen molar-refractivity contribution in [2.24, 2.45) is 0 Å². The molecule has 1 N–H and O–H groups in total. The van der Waals surface area contributed by atoms with Crippen molar-refractivity contribution in [2.75, 3.05) is 11.9 Å². The molecule has 0 fully saturated rings. The molecule has 23 heavy (non-hydrogen) atoms. The van der Waals surface area contributed by atoms with Crippen molar-refractivity contribution in [3.8, 4) is 5.75 Å². The van der Waals surface area contributed by atoms with Gasteiger partial charge in [0.15, 0.2) is 11.7 Å². The Morgan fingerprint density at radius 3 is 2.57 bits per heavy atom. The average Bonchev–Trinajstić information content (AvgIpc) is 2.95. The predicted octanol–water partition coefficient (Wildman–Crippen LogP) is 4.69. The van der Waals surface area contributed by atoms with Gasteiger partial charge < -0.3 is 4.74 Å². The topological polar surface area (TPSA) is 51.2 Å². The smallest absolute Gasteiger partial charge is 0.264 e. The molecule has 3 aromatic rings. The van der Waals surface area contributed by atoms with Crippen molar-refractivity contribution in [1.29, 1.82) is 0 Å². The molecule has 6 heteroatoms. The van der Waals surface area contributed by atoms with Gasteiger partial charge in [0.25, 0.3) is 5.91 Å². The Labute approximate surface area is 146 Å². The number of aryl methyl sites for hydroxylation is 2. The first-order valence-corrected chi connectivity index (χ1v) is 8.69. The number of thiazole rings is 1. The molecule has 1 amide bonds. The van der Waals surface area contributed by atoms with Crippen molar-refractivity contribution in [2.45, 2.75) is 13.8 Å². The van der Waals surface area contributed by atoms with Crippen molar-refractivity contribution >= 4 is 48.5 Å². The maximum atomic E-state index is 12.0. The molecule has 0 aliphatic carbocycles. The highest BCUT2D eigenvalue weighted by Gasteiger charge is 2.11. The zero-order chi connectivity index (χ0) is 16.4. The Kier molecular flexibility index (Phi) is 4.63. The van der Waals surface area contributed by atoms with Crippen LogP contribution in [0.1, 0.15) is 11.1 Å². The summed E-state index contributed by atoms with van der Waals surface area (Å²) in [5.41, 5.74) is 3.21. The lowest BCUT2D eigenvalue weighted by atomic mass is 10.1. The van der Waals surface area contributed by atoms with Gasteiger partial charge >= 0.3 is 0 Å². The van der Waals surface area contributed by atoms with E-state index in [1.165, 1.54) is 11.3 Å². The molecule has 0 saturated carbocycles. The van der Waals surface area contributed by atoms with Crippen LogP contribution in [0.3, 0.4) is 0 Å². The summed E-state index contributed by atoms with van der Waals surface area (Å²) in [5.74, 6) is 0.432. The zero-order valence-corrected chi connectivity index (χ0v) is 15.1. The summed E-state index contributed by atoms with van der Waals surface area (Å²) >= 11 is 4.84. The molecular weight excluding hydrogens is 376 g/mol. The largest absolute Gasteiger partial charge is 0.484 e. The Bertz CT molecular complexity index is 820. The van der Waals surface area contributed by atoms with Gasteiger partial charge in [-0.2, -0.15) is 0 Å². The molecule has 0 bridgehead atoms. The van der Waals surface area contributed by atoms with Crippen LogP contribution in [0.25, 0.3) is 10.2 Å². The van der Waals surface area contributed by atoms with Crippen molar-refractivity contribution in [1.82, 2.24) is 4.98 Å². The standard InChI is InChI=1S/C17H15BrN2O2S/c1-10-3-4-11(2)16-15(10)20-17(23-16)19-14(21)9-22-13-7-5-12(18)6-8-13/h3-8H,9H2,1-2H3,(H,19,20,21). The summed E-state index contributed by atoms with van der Waals surface area (Å²) in [6.45, 7) is 4.02. The fourth-order valence-corrected chi connectivity index (χ4v) is 3.44. The number of nitrogens with one attached hydrogen (secondary N) is 1. The van der Waals surface area contributed by atoms with Gasteiger partial charge in [0.05, 0.1) is 10.2 Å². The van der Waals surface area contributed by atoms with E-state index in [2.05, 4.69) is 32.3 Å². The molecule has 0 spiro atoms. The second-order valence-corrected chi connectivity index (χ2v) is 7.10. The quantitative estimate of drug-likeness (QED) is 0.702. The third-order valence-corrected chi connectivity index (χ3v) is 5.01. The first-order chi connectivity index (χ1) is 11.0. The summed E-state index contributed by atoms with van der Waals surface area (Å²) in [6.07, 6.45) is 0. The third kappa shape index (κ3) is 3.71. The number of hydrogen-bond acceptors (Lipinski definition) is 4. The van der Waals surface area contributed by atoms with Gasteiger partial charge in [-0.25, -0.2) is 4.98 Å². The van der Waals surface area contributed by atoms with Crippen LogP contribution >= 0.6 is 27.3 Å². The lowest BCUT2D eigenvalue weighted by Gasteiger charge is -2.05. The number of anilines is 1. The number of nitrogens with zero attached hydrogens (tertiary/aromatic N) is 1. The maximum absolute atomic E-state index is 12.0. The molecule has 2 aromatic carbocycles. The first kappa shape index (κ1) is 16.0. The van der Waals surface area contributed by atoms with Gasteiger partial charge in [0.2, 0.25) is 0 Å². The van der Waals surface area contributed by atoms with Gasteiger partial charge in [-0.1, -0.05) is 39.4 Å². The van der Waals surface area contributed by atoms with Gasteiger partial charge in [0.1, 0.15) is 5.75 Å². The molecule has 4 nitrogen and oxygen atoms in total. The highest BCUT2D eigenvalue weighted by Crippen LogP contribution is 2.30. The van der Waals surface area contributed by atoms with Gasteiger partial charge in [-0.15, -0.1) is 0 Å². The van der Waals surface area contributed by atoms with Crippen LogP contribution in [-0.2, 0) is 4.79 Å². The molecule has 0 atom stereocenters. The molecule has 1 aromatic heterocycles. The summed E-state index contributed by atoms with van der Waals surface area (Å²) in [6, 6.07) is 11.5. The van der Waals surface area contributed by atoms with E-state index in [0.717, 1.165) is 25.8 Å². The lowest BCUT2D eigenvalue weighted by molar-refractivity contribution is -0.118. The summed E-state index contributed by atoms with van der Waals surface area (Å²) in [5, 5.41) is 3.40. The van der Waals surface area contributed by atoms with E-state index in [1.807, 2.05) is 44.2 Å². The highest BCUT2D eigenvalue weighted by molar-refractivity contribution is 9.10. The fraction of sp³-hybridized carbons (Fsp3) is 0.176. The van der Waals surface area contributed by atoms with Crippen LogP contribution in [0.15, 0.2) is 40.9 Å². The van der Waals surface area contributed by atoms with Crippen LogP contribution in [0.2, 0.25) is 0 Å². The molecule has 3 rings (SSSR count). The van der Waals surface area contributed by atoms with Gasteiger partial charge in [0, 0.05) is 4.47 Å². The summed E-state index contributed by atoms with van der Waals surface area (Å²) in [7, 11) is 0. The second-order valence-electron chi connectivity index (χ2n) is 5.19. The van der Waals surface area contributed by atoms with Crippen molar-refractivity contribution in [3.05, 3.63) is 52.0 Å². The van der Waals surface area contributed by atoms with E-state index in [-0.39, 0.29) is 12.5 Å². The Morgan fingerprint density at radius 2 is 1.87 bits per heavy atom. The molecule has 0 unspecified atom stereocenters. The fourth-order valence-electron chi connectivity index (χ4n) is 2.15. The minimum absolute atomic E-state index is 0.0461. The number of amides is 1. The lowest BCUT2D eigenvalue weighted by Crippen LogP contribution is -2.19. The van der Waals surface area contributed by atoms with Crippen molar-refractivity contribution in [3.63, 3.8) is 0 Å². The number of carbonyl (C=O) groups excluding carboxylic acids is 1. The van der Waals surface area contributed by atoms with E-state index in [0.29, 0.717) is 10.9 Å². The number of carbonyl (C=O) groups is 1. The third-order valence-electron chi connectivity index (χ3n) is 3.37. The molecule has 0 aliphatic heterocycles. The number of hydrogen-bond donors (Lipinski definition) is 1. The molecule has 1 heterocycles. The van der Waals surface area contributed by atoms with Gasteiger partial charge in [-0.3, -0.25) is 10.1 Å².